The molecular weight excluding hydrogens is 275 g/mol. The topological polar surface area (TPSA) is 66.8 Å². The number of para-hydroxylation sites is 1. The maximum Gasteiger partial charge on any atom is 0.307 e. The van der Waals surface area contributed by atoms with E-state index in [1.54, 1.807) is 24.3 Å². The fourth-order valence-corrected chi connectivity index (χ4v) is 1.60. The second-order valence-corrected chi connectivity index (χ2v) is 4.23. The fraction of sp³-hybridized carbons (Fsp3) is 0.188. The van der Waals surface area contributed by atoms with E-state index in [4.69, 9.17) is 14.9 Å². The lowest BCUT2D eigenvalue weighted by atomic mass is 10.1. The van der Waals surface area contributed by atoms with Crippen molar-refractivity contribution in [2.75, 3.05) is 6.61 Å². The molecule has 0 aliphatic carbocycles. The summed E-state index contributed by atoms with van der Waals surface area (Å²) in [5.41, 5.74) is 1.20. The molecule has 0 aliphatic rings. The van der Waals surface area contributed by atoms with Crippen LogP contribution in [0.2, 0.25) is 0 Å². The number of rotatable bonds is 8. The van der Waals surface area contributed by atoms with Crippen molar-refractivity contribution in [2.45, 2.75) is 12.8 Å². The number of ether oxygens (including phenoxy) is 1. The van der Waals surface area contributed by atoms with E-state index in [0.717, 1.165) is 0 Å². The van der Waals surface area contributed by atoms with E-state index in [1.165, 1.54) is 12.2 Å². The van der Waals surface area contributed by atoms with Gasteiger partial charge in [0, 0.05) is 12.0 Å². The molecule has 1 aromatic rings. The largest absolute Gasteiger partial charge is 0.513 e. The third-order valence-electron chi connectivity index (χ3n) is 2.67. The van der Waals surface area contributed by atoms with Gasteiger partial charge in [-0.1, -0.05) is 36.9 Å². The molecule has 0 unspecified atom stereocenters. The highest BCUT2D eigenvalue weighted by Crippen LogP contribution is 2.19. The Kier molecular flexibility index (Phi) is 6.74. The molecule has 0 bridgehead atoms. The first-order valence-electron chi connectivity index (χ1n) is 6.29. The second kappa shape index (κ2) is 8.58. The summed E-state index contributed by atoms with van der Waals surface area (Å²) >= 11 is 0. The zero-order chi connectivity index (χ0) is 15.7. The summed E-state index contributed by atoms with van der Waals surface area (Å²) in [6.07, 6.45) is 3.27. The van der Waals surface area contributed by atoms with Gasteiger partial charge in [0.25, 0.3) is 0 Å². The molecule has 1 rings (SSSR count). The number of hydrogen-bond acceptors (Lipinski definition) is 3. The molecule has 0 saturated heterocycles. The first-order chi connectivity index (χ1) is 10.1. The van der Waals surface area contributed by atoms with Gasteiger partial charge in [-0.05, 0) is 11.6 Å². The van der Waals surface area contributed by atoms with E-state index in [-0.39, 0.29) is 19.4 Å². The summed E-state index contributed by atoms with van der Waals surface area (Å²) in [6, 6.07) is 6.82. The van der Waals surface area contributed by atoms with E-state index >= 15 is 0 Å². The first-order valence-corrected chi connectivity index (χ1v) is 6.29. The van der Waals surface area contributed by atoms with Crippen LogP contribution < -0.4 is 4.74 Å². The average Bonchev–Trinajstić information content (AvgIpc) is 2.48. The summed E-state index contributed by atoms with van der Waals surface area (Å²) in [7, 11) is 0. The number of allylic oxidation sites excluding steroid dienone is 2. The van der Waals surface area contributed by atoms with Gasteiger partial charge >= 0.3 is 5.97 Å². The first kappa shape index (κ1) is 16.5. The Morgan fingerprint density at radius 2 is 2.10 bits per heavy atom. The molecule has 0 fully saturated rings. The van der Waals surface area contributed by atoms with E-state index in [1.807, 2.05) is 0 Å². The van der Waals surface area contributed by atoms with Gasteiger partial charge in [-0.3, -0.25) is 4.79 Å². The Morgan fingerprint density at radius 1 is 1.38 bits per heavy atom. The zero-order valence-electron chi connectivity index (χ0n) is 11.5. The molecule has 1 aromatic carbocycles. The molecule has 0 heterocycles. The molecular formula is C16H17FO4. The lowest BCUT2D eigenvalue weighted by Crippen LogP contribution is -2.05. The zero-order valence-corrected chi connectivity index (χ0v) is 11.5. The van der Waals surface area contributed by atoms with Crippen molar-refractivity contribution in [3.05, 3.63) is 66.2 Å². The van der Waals surface area contributed by atoms with Gasteiger partial charge in [0.2, 0.25) is 0 Å². The highest BCUT2D eigenvalue weighted by molar-refractivity contribution is 5.71. The molecule has 0 radical (unpaired) electrons. The minimum Gasteiger partial charge on any atom is -0.513 e. The van der Waals surface area contributed by atoms with Crippen LogP contribution in [0.5, 0.6) is 5.75 Å². The highest BCUT2D eigenvalue weighted by Gasteiger charge is 2.07. The SMILES string of the molecule is C=C/C(=C\C/C(F)=C\O)COc1ccccc1CC(=O)O. The Bertz CT molecular complexity index is 561. The van der Waals surface area contributed by atoms with Crippen molar-refractivity contribution >= 4 is 5.97 Å². The Morgan fingerprint density at radius 3 is 2.71 bits per heavy atom. The normalized spacial score (nSPS) is 12.0. The molecule has 0 amide bonds. The average molecular weight is 292 g/mol. The maximum absolute atomic E-state index is 12.8. The monoisotopic (exact) mass is 292 g/mol. The minimum atomic E-state index is -0.944. The number of halogens is 1. The number of aliphatic carboxylic acids is 1. The van der Waals surface area contributed by atoms with Crippen LogP contribution in [-0.4, -0.2) is 22.8 Å². The summed E-state index contributed by atoms with van der Waals surface area (Å²) < 4.78 is 18.4. The standard InChI is InChI=1S/C16H17FO4/c1-2-12(7-8-14(17)10-18)11-21-15-6-4-3-5-13(15)9-16(19)20/h2-7,10,18H,1,8-9,11H2,(H,19,20)/b12-7+,14-10+. The van der Waals surface area contributed by atoms with Crippen LogP contribution in [0, 0.1) is 0 Å². The Hall–Kier alpha value is -2.56. The fourth-order valence-electron chi connectivity index (χ4n) is 1.60. The van der Waals surface area contributed by atoms with Gasteiger partial charge in [0.05, 0.1) is 6.42 Å². The third kappa shape index (κ3) is 5.95. The van der Waals surface area contributed by atoms with Crippen molar-refractivity contribution in [1.82, 2.24) is 0 Å². The summed E-state index contributed by atoms with van der Waals surface area (Å²) in [5.74, 6) is -1.15. The number of hydrogen-bond donors (Lipinski definition) is 2. The molecule has 0 aromatic heterocycles. The smallest absolute Gasteiger partial charge is 0.307 e. The van der Waals surface area contributed by atoms with Crippen molar-refractivity contribution in [3.8, 4) is 5.75 Å². The molecule has 0 spiro atoms. The second-order valence-electron chi connectivity index (χ2n) is 4.23. The van der Waals surface area contributed by atoms with Crippen LogP contribution in [-0.2, 0) is 11.2 Å². The molecule has 21 heavy (non-hydrogen) atoms. The van der Waals surface area contributed by atoms with Crippen molar-refractivity contribution in [1.29, 1.82) is 0 Å². The summed E-state index contributed by atoms with van der Waals surface area (Å²) in [4.78, 5) is 10.8. The van der Waals surface area contributed by atoms with E-state index in [9.17, 15) is 9.18 Å². The molecule has 0 saturated carbocycles. The molecule has 5 heteroatoms. The number of aliphatic hydroxyl groups is 1. The van der Waals surface area contributed by atoms with Crippen LogP contribution in [0.15, 0.2) is 60.7 Å². The van der Waals surface area contributed by atoms with Crippen LogP contribution in [0.25, 0.3) is 0 Å². The van der Waals surface area contributed by atoms with Crippen molar-refractivity contribution < 1.29 is 24.1 Å². The Balaban J connectivity index is 2.73. The predicted octanol–water partition coefficient (Wildman–Crippen LogP) is 3.56. The van der Waals surface area contributed by atoms with Gasteiger partial charge in [-0.2, -0.15) is 0 Å². The van der Waals surface area contributed by atoms with Gasteiger partial charge in [0.1, 0.15) is 24.4 Å². The minimum absolute atomic E-state index is 0.0576. The molecule has 0 atom stereocenters. The third-order valence-corrected chi connectivity index (χ3v) is 2.67. The van der Waals surface area contributed by atoms with Crippen molar-refractivity contribution in [3.63, 3.8) is 0 Å². The maximum atomic E-state index is 12.8. The van der Waals surface area contributed by atoms with Crippen LogP contribution in [0.4, 0.5) is 4.39 Å². The van der Waals surface area contributed by atoms with E-state index in [2.05, 4.69) is 6.58 Å². The van der Waals surface area contributed by atoms with Gasteiger partial charge < -0.3 is 14.9 Å². The van der Waals surface area contributed by atoms with E-state index < -0.39 is 11.8 Å². The quantitative estimate of drug-likeness (QED) is 0.568. The number of carbonyl (C=O) groups is 1. The number of aliphatic hydroxyl groups excluding tert-OH is 1. The lowest BCUT2D eigenvalue weighted by molar-refractivity contribution is -0.136. The van der Waals surface area contributed by atoms with Gasteiger partial charge in [-0.15, -0.1) is 0 Å². The van der Waals surface area contributed by atoms with Crippen LogP contribution in [0.1, 0.15) is 12.0 Å². The number of carboxylic acids is 1. The summed E-state index contributed by atoms with van der Waals surface area (Å²) in [5, 5.41) is 17.3. The van der Waals surface area contributed by atoms with Gasteiger partial charge in [0.15, 0.2) is 0 Å². The number of carboxylic acid groups (broad SMARTS) is 1. The van der Waals surface area contributed by atoms with Crippen molar-refractivity contribution in [2.24, 2.45) is 0 Å². The van der Waals surface area contributed by atoms with Gasteiger partial charge in [-0.25, -0.2) is 4.39 Å². The lowest BCUT2D eigenvalue weighted by Gasteiger charge is -2.10. The predicted molar refractivity (Wildman–Crippen MR) is 78.0 cm³/mol. The highest BCUT2D eigenvalue weighted by atomic mass is 19.1. The number of benzene rings is 1. The van der Waals surface area contributed by atoms with Crippen LogP contribution in [0.3, 0.4) is 0 Å². The molecule has 0 aliphatic heterocycles. The van der Waals surface area contributed by atoms with E-state index in [0.29, 0.717) is 23.1 Å². The Labute approximate surface area is 122 Å². The molecule has 4 nitrogen and oxygen atoms in total. The van der Waals surface area contributed by atoms with Crippen LogP contribution >= 0.6 is 0 Å². The summed E-state index contributed by atoms with van der Waals surface area (Å²) in [6.45, 7) is 3.74. The molecule has 2 N–H and O–H groups in total. The molecule has 112 valence electrons.